The number of allylic oxidation sites excluding steroid dienone is 1. The summed E-state index contributed by atoms with van der Waals surface area (Å²) in [5, 5.41) is 12.7. The van der Waals surface area contributed by atoms with Crippen molar-refractivity contribution in [1.29, 1.82) is 0 Å². The molecule has 3 amide bonds. The Bertz CT molecular complexity index is 1590. The molecule has 2 aromatic carbocycles. The van der Waals surface area contributed by atoms with Gasteiger partial charge in [0, 0.05) is 55.4 Å². The second-order valence-corrected chi connectivity index (χ2v) is 14.7. The molecule has 1 spiro atoms. The number of likely N-dealkylation sites (tertiary alicyclic amines) is 1. The predicted molar refractivity (Wildman–Crippen MR) is 204 cm³/mol. The number of fused-ring (bicyclic) bond motifs is 1. The van der Waals surface area contributed by atoms with Crippen LogP contribution in [0.4, 0.5) is 11.4 Å². The van der Waals surface area contributed by atoms with Gasteiger partial charge in [-0.15, -0.1) is 13.2 Å². The van der Waals surface area contributed by atoms with E-state index in [4.69, 9.17) is 9.47 Å². The third-order valence-corrected chi connectivity index (χ3v) is 11.3. The third-order valence-electron chi connectivity index (χ3n) is 10.5. The minimum absolute atomic E-state index is 0.0528. The highest BCUT2D eigenvalue weighted by molar-refractivity contribution is 9.09. The number of nitrogens with one attached hydrogen (secondary N) is 1. The average Bonchev–Trinajstić information content (AvgIpc) is 3.75. The van der Waals surface area contributed by atoms with E-state index in [2.05, 4.69) is 53.2 Å². The third kappa shape index (κ3) is 7.84. The molecule has 3 saturated heterocycles. The average molecular weight is 780 g/mol. The lowest BCUT2D eigenvalue weighted by molar-refractivity contribution is -0.145. The molecule has 2 N–H and O–H groups in total. The van der Waals surface area contributed by atoms with Gasteiger partial charge in [0.2, 0.25) is 11.8 Å². The van der Waals surface area contributed by atoms with Gasteiger partial charge in [0.05, 0.1) is 24.0 Å². The minimum Gasteiger partial charge on any atom is -0.463 e. The van der Waals surface area contributed by atoms with E-state index in [1.165, 1.54) is 0 Å². The van der Waals surface area contributed by atoms with E-state index in [-0.39, 0.29) is 49.4 Å². The summed E-state index contributed by atoms with van der Waals surface area (Å²) in [7, 11) is 0. The largest absolute Gasteiger partial charge is 0.463 e. The van der Waals surface area contributed by atoms with Crippen molar-refractivity contribution in [1.82, 2.24) is 10.2 Å². The Balaban J connectivity index is 1.47. The number of rotatable bonds is 19. The topological polar surface area (TPSA) is 129 Å². The number of hydrogen-bond acceptors (Lipinski definition) is 8. The molecule has 1 unspecified atom stereocenters. The first-order valence-electron chi connectivity index (χ1n) is 18.3. The number of esters is 1. The molecule has 3 fully saturated rings. The summed E-state index contributed by atoms with van der Waals surface area (Å²) in [6.45, 7) is 13.7. The number of ether oxygens (including phenoxy) is 2. The molecule has 3 aliphatic heterocycles. The second-order valence-electron chi connectivity index (χ2n) is 13.5. The number of aliphatic hydroxyl groups is 1. The van der Waals surface area contributed by atoms with Crippen LogP contribution in [0.3, 0.4) is 0 Å². The van der Waals surface area contributed by atoms with Crippen molar-refractivity contribution in [2.24, 2.45) is 11.8 Å². The molecule has 3 aliphatic rings. The summed E-state index contributed by atoms with van der Waals surface area (Å²) in [6, 6.07) is 15.3. The fourth-order valence-corrected chi connectivity index (χ4v) is 8.96. The lowest BCUT2D eigenvalue weighted by Crippen LogP contribution is -2.57. The fraction of sp³-hybridized carbons (Fsp3) is 0.500. The van der Waals surface area contributed by atoms with Crippen molar-refractivity contribution in [2.75, 3.05) is 49.2 Å². The van der Waals surface area contributed by atoms with Gasteiger partial charge in [0.1, 0.15) is 18.2 Å². The molecule has 0 saturated carbocycles. The maximum Gasteiger partial charge on any atom is 0.306 e. The van der Waals surface area contributed by atoms with Gasteiger partial charge in [-0.05, 0) is 69.4 Å². The van der Waals surface area contributed by atoms with Crippen LogP contribution in [0.2, 0.25) is 0 Å². The molecule has 3 heterocycles. The van der Waals surface area contributed by atoms with Gasteiger partial charge in [-0.2, -0.15) is 0 Å². The first-order valence-corrected chi connectivity index (χ1v) is 19.2. The quantitative estimate of drug-likeness (QED) is 0.0889. The zero-order chi connectivity index (χ0) is 37.4. The summed E-state index contributed by atoms with van der Waals surface area (Å²) >= 11 is 3.76. The van der Waals surface area contributed by atoms with Crippen LogP contribution < -0.4 is 15.1 Å². The Morgan fingerprint density at radius 1 is 1.08 bits per heavy atom. The molecule has 5 rings (SSSR count). The van der Waals surface area contributed by atoms with Crippen LogP contribution >= 0.6 is 15.9 Å². The monoisotopic (exact) mass is 778 g/mol. The van der Waals surface area contributed by atoms with Gasteiger partial charge in [0.15, 0.2) is 0 Å². The van der Waals surface area contributed by atoms with Gasteiger partial charge in [-0.25, -0.2) is 0 Å². The Kier molecular flexibility index (Phi) is 13.3. The highest BCUT2D eigenvalue weighted by atomic mass is 79.9. The van der Waals surface area contributed by atoms with E-state index in [9.17, 15) is 24.3 Å². The van der Waals surface area contributed by atoms with Gasteiger partial charge in [-0.1, -0.05) is 58.4 Å². The van der Waals surface area contributed by atoms with Crippen LogP contribution in [0.5, 0.6) is 0 Å². The van der Waals surface area contributed by atoms with Crippen LogP contribution in [0.15, 0.2) is 79.9 Å². The van der Waals surface area contributed by atoms with Gasteiger partial charge < -0.3 is 34.6 Å². The molecule has 2 bridgehead atoms. The maximum absolute atomic E-state index is 14.9. The number of benzene rings is 2. The van der Waals surface area contributed by atoms with Crippen molar-refractivity contribution in [2.45, 2.75) is 74.6 Å². The highest BCUT2D eigenvalue weighted by Gasteiger charge is 2.76. The number of carbonyl (C=O) groups is 4. The molecule has 0 radical (unpaired) electrons. The maximum atomic E-state index is 14.9. The summed E-state index contributed by atoms with van der Waals surface area (Å²) < 4.78 is 12.3. The van der Waals surface area contributed by atoms with Crippen LogP contribution in [-0.2, 0) is 28.7 Å². The molecule has 52 heavy (non-hydrogen) atoms. The number of anilines is 2. The molecule has 11 nitrogen and oxygen atoms in total. The van der Waals surface area contributed by atoms with Gasteiger partial charge in [-0.3, -0.25) is 19.2 Å². The molecule has 0 aliphatic carbocycles. The van der Waals surface area contributed by atoms with Crippen molar-refractivity contribution >= 4 is 51.0 Å². The molecule has 12 heteroatoms. The van der Waals surface area contributed by atoms with E-state index in [0.717, 1.165) is 24.3 Å². The zero-order valence-electron chi connectivity index (χ0n) is 30.1. The lowest BCUT2D eigenvalue weighted by Gasteiger charge is -2.37. The summed E-state index contributed by atoms with van der Waals surface area (Å²) in [4.78, 5) is 61.5. The molecule has 280 valence electrons. The van der Waals surface area contributed by atoms with Gasteiger partial charge in [0.25, 0.3) is 5.91 Å². The van der Waals surface area contributed by atoms with Crippen molar-refractivity contribution in [3.8, 4) is 0 Å². The van der Waals surface area contributed by atoms with E-state index in [1.54, 1.807) is 22.0 Å². The Hall–Kier alpha value is -4.00. The first kappa shape index (κ1) is 39.2. The first-order chi connectivity index (χ1) is 25.1. The van der Waals surface area contributed by atoms with Crippen molar-refractivity contribution < 1.29 is 33.8 Å². The van der Waals surface area contributed by atoms with Crippen molar-refractivity contribution in [3.63, 3.8) is 0 Å². The van der Waals surface area contributed by atoms with Crippen LogP contribution in [0.25, 0.3) is 0 Å². The standard InChI is InChI=1S/C40H51BrN4O7/c1-5-9-17-32(47)51-26-31(27-15-11-10-12-16-27)42-37(48)33-34-38(49)45(23-13-14-24-46)36(40(34)25-30(41)35(33)52-40)39(50)44(22-6-2)29-20-18-28(19-21-29)43(7-3)8-4/h5-6,10-12,15-16,18-21,30-31,33-36,46H,1-2,7-9,13-14,17,22-26H2,3-4H3,(H,42,48)/t30?,31-,33+,34-,35+,36+,40-/m1/s1. The Morgan fingerprint density at radius 3 is 2.40 bits per heavy atom. The molecule has 0 aromatic heterocycles. The number of halogens is 1. The van der Waals surface area contributed by atoms with E-state index in [1.807, 2.05) is 54.6 Å². The molecular formula is C40H51BrN4O7. The predicted octanol–water partition coefficient (Wildman–Crippen LogP) is 4.94. The highest BCUT2D eigenvalue weighted by Crippen LogP contribution is 2.60. The molecule has 2 aromatic rings. The number of unbranched alkanes of at least 4 members (excludes halogenated alkanes) is 1. The Labute approximate surface area is 315 Å². The van der Waals surface area contributed by atoms with Crippen molar-refractivity contribution in [3.05, 3.63) is 85.5 Å². The normalized spacial score (nSPS) is 25.0. The second kappa shape index (κ2) is 17.7. The number of nitrogens with zero attached hydrogens (tertiary/aromatic N) is 3. The number of amides is 3. The fourth-order valence-electron chi connectivity index (χ4n) is 8.02. The molecule has 7 atom stereocenters. The van der Waals surface area contributed by atoms with Crippen LogP contribution in [0.1, 0.15) is 57.6 Å². The number of hydrogen-bond donors (Lipinski definition) is 2. The summed E-state index contributed by atoms with van der Waals surface area (Å²) in [5.41, 5.74) is 1.17. The van der Waals surface area contributed by atoms with Crippen LogP contribution in [0, 0.1) is 11.8 Å². The Morgan fingerprint density at radius 2 is 1.77 bits per heavy atom. The number of carbonyl (C=O) groups excluding carboxylic acids is 4. The minimum atomic E-state index is -1.27. The number of aliphatic hydroxyl groups excluding tert-OH is 1. The van der Waals surface area contributed by atoms with Gasteiger partial charge >= 0.3 is 5.97 Å². The summed E-state index contributed by atoms with van der Waals surface area (Å²) in [5.74, 6) is -3.28. The summed E-state index contributed by atoms with van der Waals surface area (Å²) in [6.07, 6.45) is 4.55. The van der Waals surface area contributed by atoms with E-state index < -0.39 is 47.5 Å². The SMILES string of the molecule is C=CCCC(=O)OC[C@@H](NC(=O)[C@@H]1[C@H]2O[C@@]3(CC2Br)[C@H](C(=O)N(CC=C)c2ccc(N(CC)CC)cc2)N(CCCCO)C(=O)[C@@H]13)c1ccccc1. The molecular weight excluding hydrogens is 728 g/mol. The van der Waals surface area contributed by atoms with E-state index >= 15 is 0 Å². The van der Waals surface area contributed by atoms with E-state index in [0.29, 0.717) is 31.4 Å². The van der Waals surface area contributed by atoms with Crippen LogP contribution in [-0.4, -0.2) is 95.7 Å². The smallest absolute Gasteiger partial charge is 0.306 e. The lowest BCUT2D eigenvalue weighted by atomic mass is 9.70. The number of alkyl halides is 1. The zero-order valence-corrected chi connectivity index (χ0v) is 31.7.